The largest absolute Gasteiger partial charge is 0.464 e. The zero-order valence-electron chi connectivity index (χ0n) is 17.1. The first-order valence-corrected chi connectivity index (χ1v) is 10.2. The van der Waals surface area contributed by atoms with Gasteiger partial charge in [0, 0.05) is 20.2 Å². The summed E-state index contributed by atoms with van der Waals surface area (Å²) >= 11 is 0.580. The zero-order valence-corrected chi connectivity index (χ0v) is 17.9. The second-order valence-electron chi connectivity index (χ2n) is 6.90. The normalized spacial score (nSPS) is 15.3. The summed E-state index contributed by atoms with van der Waals surface area (Å²) < 4.78 is 7.59. The van der Waals surface area contributed by atoms with Crippen molar-refractivity contribution in [2.45, 2.75) is 19.8 Å². The summed E-state index contributed by atoms with van der Waals surface area (Å²) in [5, 5.41) is 10.9. The monoisotopic (exact) mass is 448 g/mol. The molecule has 0 radical (unpaired) electrons. The summed E-state index contributed by atoms with van der Waals surface area (Å²) in [5.41, 5.74) is 0.180. The van der Waals surface area contributed by atoms with Crippen LogP contribution in [0.25, 0.3) is 17.1 Å². The Hall–Kier alpha value is -3.41. The smallest absolute Gasteiger partial charge is 0.328 e. The van der Waals surface area contributed by atoms with Crippen molar-refractivity contribution in [2.75, 3.05) is 13.2 Å². The Bertz CT molecular complexity index is 1190. The standard InChI is InChI=1S/C19H20N4O7S/c1-4-5-6-30-16(24)10-22-17(25)15(31-19(22)27)8-11-7-13-14(9-12(11)23(28)29)21(3)18(26)20(13)2/h7-9H,4-6,10H2,1-3H3/b15-8-. The van der Waals surface area contributed by atoms with Crippen LogP contribution in [0.4, 0.5) is 10.5 Å². The molecular formula is C19H20N4O7S. The number of ether oxygens (including phenoxy) is 1. The molecule has 12 heteroatoms. The van der Waals surface area contributed by atoms with E-state index in [9.17, 15) is 29.3 Å². The summed E-state index contributed by atoms with van der Waals surface area (Å²) in [4.78, 5) is 60.5. The number of aryl methyl sites for hydroxylation is 2. The van der Waals surface area contributed by atoms with Crippen LogP contribution in [0.2, 0.25) is 0 Å². The van der Waals surface area contributed by atoms with Crippen molar-refractivity contribution in [1.29, 1.82) is 0 Å². The van der Waals surface area contributed by atoms with Gasteiger partial charge in [0.15, 0.2) is 0 Å². The van der Waals surface area contributed by atoms with E-state index in [1.165, 1.54) is 41.4 Å². The molecular weight excluding hydrogens is 428 g/mol. The Morgan fingerprint density at radius 1 is 1.19 bits per heavy atom. The molecule has 0 aliphatic carbocycles. The highest BCUT2D eigenvalue weighted by atomic mass is 32.2. The van der Waals surface area contributed by atoms with Gasteiger partial charge in [-0.3, -0.25) is 38.5 Å². The number of fused-ring (bicyclic) bond motifs is 1. The van der Waals surface area contributed by atoms with Gasteiger partial charge in [-0.25, -0.2) is 4.79 Å². The van der Waals surface area contributed by atoms with Crippen LogP contribution in [0.5, 0.6) is 0 Å². The van der Waals surface area contributed by atoms with Crippen LogP contribution in [-0.4, -0.2) is 49.2 Å². The molecule has 0 spiro atoms. The fraction of sp³-hybridized carbons (Fsp3) is 0.368. The Balaban J connectivity index is 1.95. The second kappa shape index (κ2) is 8.76. The molecule has 2 heterocycles. The summed E-state index contributed by atoms with van der Waals surface area (Å²) in [7, 11) is 3.03. The van der Waals surface area contributed by atoms with Crippen LogP contribution >= 0.6 is 11.8 Å². The van der Waals surface area contributed by atoms with Gasteiger partial charge >= 0.3 is 11.7 Å². The van der Waals surface area contributed by atoms with Crippen molar-refractivity contribution in [3.8, 4) is 0 Å². The van der Waals surface area contributed by atoms with Gasteiger partial charge in [0.1, 0.15) is 6.54 Å². The molecule has 0 saturated carbocycles. The highest BCUT2D eigenvalue weighted by Crippen LogP contribution is 2.35. The Kier molecular flexibility index (Phi) is 6.29. The molecule has 1 aromatic heterocycles. The molecule has 3 rings (SSSR count). The lowest BCUT2D eigenvalue weighted by atomic mass is 10.1. The minimum atomic E-state index is -0.737. The SMILES string of the molecule is CCCCOC(=O)CN1C(=O)S/C(=C\c2cc3c(cc2[N+](=O)[O-])n(C)c(=O)n3C)C1=O. The number of nitro groups is 1. The van der Waals surface area contributed by atoms with Crippen molar-refractivity contribution in [1.82, 2.24) is 14.0 Å². The van der Waals surface area contributed by atoms with E-state index in [1.54, 1.807) is 0 Å². The number of carbonyl (C=O) groups excluding carboxylic acids is 3. The number of unbranched alkanes of at least 4 members (excludes halogenated alkanes) is 1. The molecule has 2 aromatic rings. The van der Waals surface area contributed by atoms with E-state index in [0.717, 1.165) is 11.3 Å². The van der Waals surface area contributed by atoms with Crippen LogP contribution < -0.4 is 5.69 Å². The van der Waals surface area contributed by atoms with Gasteiger partial charge in [-0.05, 0) is 30.3 Å². The van der Waals surface area contributed by atoms with Gasteiger partial charge in [-0.15, -0.1) is 0 Å². The van der Waals surface area contributed by atoms with E-state index in [0.29, 0.717) is 29.2 Å². The van der Waals surface area contributed by atoms with Crippen molar-refractivity contribution < 1.29 is 24.0 Å². The number of aromatic nitrogens is 2. The van der Waals surface area contributed by atoms with Gasteiger partial charge in [0.25, 0.3) is 16.8 Å². The van der Waals surface area contributed by atoms with E-state index >= 15 is 0 Å². The highest BCUT2D eigenvalue weighted by molar-refractivity contribution is 8.18. The first kappa shape index (κ1) is 22.3. The Labute approximate surface area is 180 Å². The molecule has 0 atom stereocenters. The Morgan fingerprint density at radius 3 is 2.45 bits per heavy atom. The molecule has 0 unspecified atom stereocenters. The van der Waals surface area contributed by atoms with Gasteiger partial charge in [0.05, 0.1) is 33.0 Å². The highest BCUT2D eigenvalue weighted by Gasteiger charge is 2.37. The third-order valence-corrected chi connectivity index (χ3v) is 5.73. The van der Waals surface area contributed by atoms with E-state index in [-0.39, 0.29) is 28.5 Å². The fourth-order valence-electron chi connectivity index (χ4n) is 3.11. The van der Waals surface area contributed by atoms with Crippen molar-refractivity contribution >= 4 is 51.7 Å². The van der Waals surface area contributed by atoms with E-state index in [1.807, 2.05) is 6.92 Å². The van der Waals surface area contributed by atoms with Gasteiger partial charge in [0.2, 0.25) is 0 Å². The van der Waals surface area contributed by atoms with E-state index in [4.69, 9.17) is 4.74 Å². The van der Waals surface area contributed by atoms with Crippen molar-refractivity contribution in [2.24, 2.45) is 14.1 Å². The predicted molar refractivity (Wildman–Crippen MR) is 113 cm³/mol. The first-order chi connectivity index (χ1) is 14.6. The maximum Gasteiger partial charge on any atom is 0.328 e. The molecule has 1 aromatic carbocycles. The van der Waals surface area contributed by atoms with Crippen LogP contribution in [0.3, 0.4) is 0 Å². The van der Waals surface area contributed by atoms with Crippen LogP contribution in [0.15, 0.2) is 21.8 Å². The maximum absolute atomic E-state index is 12.6. The van der Waals surface area contributed by atoms with Crippen LogP contribution in [0, 0.1) is 10.1 Å². The van der Waals surface area contributed by atoms with Crippen LogP contribution in [0.1, 0.15) is 25.3 Å². The maximum atomic E-state index is 12.6. The number of hydrogen-bond acceptors (Lipinski definition) is 8. The van der Waals surface area contributed by atoms with Crippen molar-refractivity contribution in [3.63, 3.8) is 0 Å². The number of rotatable bonds is 7. The number of carbonyl (C=O) groups is 3. The summed E-state index contributed by atoms with van der Waals surface area (Å²) in [6.45, 7) is 1.60. The van der Waals surface area contributed by atoms with E-state index < -0.39 is 28.6 Å². The number of thioether (sulfide) groups is 1. The van der Waals surface area contributed by atoms with Gasteiger partial charge < -0.3 is 4.74 Å². The minimum Gasteiger partial charge on any atom is -0.464 e. The molecule has 0 bridgehead atoms. The lowest BCUT2D eigenvalue weighted by Crippen LogP contribution is -2.34. The lowest BCUT2D eigenvalue weighted by molar-refractivity contribution is -0.385. The third kappa shape index (κ3) is 4.24. The minimum absolute atomic E-state index is 0.0604. The molecule has 11 nitrogen and oxygen atoms in total. The molecule has 31 heavy (non-hydrogen) atoms. The number of imidazole rings is 1. The number of amides is 2. The van der Waals surface area contributed by atoms with Gasteiger partial charge in [-0.1, -0.05) is 13.3 Å². The number of esters is 1. The molecule has 2 amide bonds. The van der Waals surface area contributed by atoms with E-state index in [2.05, 4.69) is 0 Å². The second-order valence-corrected chi connectivity index (χ2v) is 7.89. The molecule has 1 saturated heterocycles. The number of nitrogens with zero attached hydrogens (tertiary/aromatic N) is 4. The molecule has 1 aliphatic rings. The molecule has 164 valence electrons. The number of benzene rings is 1. The average Bonchev–Trinajstić information content (AvgIpc) is 3.10. The molecule has 0 N–H and O–H groups in total. The quantitative estimate of drug-likeness (QED) is 0.207. The average molecular weight is 448 g/mol. The molecule has 1 fully saturated rings. The van der Waals surface area contributed by atoms with Gasteiger partial charge in [-0.2, -0.15) is 0 Å². The molecule has 1 aliphatic heterocycles. The van der Waals surface area contributed by atoms with Crippen LogP contribution in [-0.2, 0) is 28.4 Å². The zero-order chi connectivity index (χ0) is 22.9. The third-order valence-electron chi connectivity index (χ3n) is 4.83. The topological polar surface area (TPSA) is 134 Å². The number of imide groups is 1. The summed E-state index contributed by atoms with van der Waals surface area (Å²) in [6, 6.07) is 2.67. The summed E-state index contributed by atoms with van der Waals surface area (Å²) in [6.07, 6.45) is 2.72. The predicted octanol–water partition coefficient (Wildman–Crippen LogP) is 2.16. The Morgan fingerprint density at radius 2 is 1.84 bits per heavy atom. The fourth-order valence-corrected chi connectivity index (χ4v) is 3.94. The number of nitro benzene ring substituents is 1. The number of hydrogen-bond donors (Lipinski definition) is 0. The first-order valence-electron chi connectivity index (χ1n) is 9.40. The summed E-state index contributed by atoms with van der Waals surface area (Å²) in [5.74, 6) is -1.44. The lowest BCUT2D eigenvalue weighted by Gasteiger charge is -2.11. The van der Waals surface area contributed by atoms with Crippen molar-refractivity contribution in [3.05, 3.63) is 43.2 Å².